The fourth-order valence-electron chi connectivity index (χ4n) is 2.77. The van der Waals surface area contributed by atoms with Crippen LogP contribution >= 0.6 is 22.6 Å². The first kappa shape index (κ1) is 13.5. The summed E-state index contributed by atoms with van der Waals surface area (Å²) < 4.78 is 55.9. The van der Waals surface area contributed by atoms with Crippen LogP contribution in [0.1, 0.15) is 10.5 Å². The van der Waals surface area contributed by atoms with E-state index in [1.165, 1.54) is 18.5 Å². The lowest BCUT2D eigenvalue weighted by Crippen LogP contribution is -2.23. The Morgan fingerprint density at radius 2 is 2.24 bits per heavy atom. The topological polar surface area (TPSA) is 86.2 Å². The molecule has 0 aliphatic carbocycles. The molecule has 1 fully saturated rings. The second kappa shape index (κ2) is 5.90. The van der Waals surface area contributed by atoms with Crippen LogP contribution in [-0.4, -0.2) is 30.2 Å². The van der Waals surface area contributed by atoms with Crippen molar-refractivity contribution in [3.8, 4) is 11.1 Å². The van der Waals surface area contributed by atoms with Crippen molar-refractivity contribution in [2.24, 2.45) is 11.3 Å². The summed E-state index contributed by atoms with van der Waals surface area (Å²) in [5.74, 6) is 0.429. The third-order valence-corrected chi connectivity index (χ3v) is 7.55. The Balaban J connectivity index is 1.95. The van der Waals surface area contributed by atoms with Gasteiger partial charge >= 0.3 is 0 Å². The fraction of sp³-hybridized carbons (Fsp3) is 0.250. The molecule has 9 heteroatoms. The molecule has 2 aromatic heterocycles. The summed E-state index contributed by atoms with van der Waals surface area (Å²) in [5.41, 5.74) is 7.03. The van der Waals surface area contributed by atoms with Crippen molar-refractivity contribution in [3.05, 3.63) is 34.0 Å². The molecular formula is C16H15FIN5OS. The summed E-state index contributed by atoms with van der Waals surface area (Å²) >= 11 is 1.89. The molecule has 0 amide bonds. The molecule has 4 rings (SSSR count). The van der Waals surface area contributed by atoms with E-state index in [1.54, 1.807) is 6.07 Å². The van der Waals surface area contributed by atoms with Gasteiger partial charge in [0.25, 0.3) is 0 Å². The molecule has 3 heterocycles. The largest absolute Gasteiger partial charge is 0.383 e. The number of halogens is 2. The number of nitrogen functional groups attached to an aromatic ring is 1. The van der Waals surface area contributed by atoms with Crippen molar-refractivity contribution >= 4 is 54.9 Å². The number of aromatic nitrogens is 3. The van der Waals surface area contributed by atoms with Crippen molar-refractivity contribution < 1.29 is 12.7 Å². The van der Waals surface area contributed by atoms with Crippen molar-refractivity contribution in [2.45, 2.75) is 6.42 Å². The Kier molecular flexibility index (Phi) is 3.18. The highest BCUT2D eigenvalue weighted by molar-refractivity contribution is 14.1. The minimum Gasteiger partial charge on any atom is -0.383 e. The number of anilines is 1. The van der Waals surface area contributed by atoms with Crippen LogP contribution < -0.4 is 5.73 Å². The van der Waals surface area contributed by atoms with Gasteiger partial charge in [0.15, 0.2) is 0 Å². The number of hydrogen-bond donors (Lipinski definition) is 1. The first-order valence-electron chi connectivity index (χ1n) is 8.94. The Bertz CT molecular complexity index is 1220. The molecule has 0 spiro atoms. The highest BCUT2D eigenvalue weighted by Gasteiger charge is 2.22. The highest BCUT2D eigenvalue weighted by Crippen LogP contribution is 2.38. The van der Waals surface area contributed by atoms with Crippen LogP contribution in [0.15, 0.2) is 28.9 Å². The molecule has 130 valence electrons. The molecule has 25 heavy (non-hydrogen) atoms. The van der Waals surface area contributed by atoms with Crippen molar-refractivity contribution in [3.63, 3.8) is 0 Å². The van der Waals surface area contributed by atoms with Crippen LogP contribution in [0.2, 0.25) is 0 Å². The summed E-state index contributed by atoms with van der Waals surface area (Å²) in [6.07, 6.45) is 2.02. The summed E-state index contributed by atoms with van der Waals surface area (Å²) in [6.45, 7) is -2.50. The number of aryl methyl sites for hydroxylation is 1. The van der Waals surface area contributed by atoms with Crippen molar-refractivity contribution in [2.75, 3.05) is 17.2 Å². The molecule has 0 bridgehead atoms. The van der Waals surface area contributed by atoms with Gasteiger partial charge in [0, 0.05) is 28.2 Å². The van der Waals surface area contributed by atoms with E-state index in [2.05, 4.69) is 14.3 Å². The van der Waals surface area contributed by atoms with Gasteiger partial charge < -0.3 is 10.3 Å². The van der Waals surface area contributed by atoms with Gasteiger partial charge in [-0.3, -0.25) is 0 Å². The third kappa shape index (κ3) is 2.69. The molecule has 1 aliphatic rings. The van der Waals surface area contributed by atoms with Crippen LogP contribution in [0.25, 0.3) is 22.2 Å². The normalized spacial score (nSPS) is 18.2. The van der Waals surface area contributed by atoms with Crippen LogP contribution in [-0.2, 0) is 16.7 Å². The maximum absolute atomic E-state index is 14.7. The third-order valence-electron chi connectivity index (χ3n) is 4.15. The van der Waals surface area contributed by atoms with E-state index in [0.717, 1.165) is 11.0 Å². The molecule has 1 saturated heterocycles. The zero-order chi connectivity index (χ0) is 20.3. The van der Waals surface area contributed by atoms with E-state index in [0.29, 0.717) is 31.7 Å². The summed E-state index contributed by atoms with van der Waals surface area (Å²) in [6, 6.07) is 4.30. The second-order valence-corrected chi connectivity index (χ2v) is 9.32. The molecule has 1 aliphatic heterocycles. The molecule has 0 saturated carbocycles. The van der Waals surface area contributed by atoms with Gasteiger partial charge in [-0.25, -0.2) is 18.6 Å². The Morgan fingerprint density at radius 3 is 2.88 bits per heavy atom. The van der Waals surface area contributed by atoms with E-state index < -0.39 is 22.5 Å². The quantitative estimate of drug-likeness (QED) is 0.577. The number of nitrogens with zero attached hydrogens (tertiary/aromatic N) is 4. The molecule has 0 radical (unpaired) electrons. The Morgan fingerprint density at radius 1 is 1.44 bits per heavy atom. The predicted octanol–water partition coefficient (Wildman–Crippen LogP) is 3.46. The minimum absolute atomic E-state index is 0.0345. The zero-order valence-corrected chi connectivity index (χ0v) is 15.8. The number of rotatable bonds is 2. The van der Waals surface area contributed by atoms with Crippen LogP contribution in [0.4, 0.5) is 15.9 Å². The van der Waals surface area contributed by atoms with Gasteiger partial charge in [0.2, 0.25) is 0 Å². The average molecular weight is 474 g/mol. The number of benzene rings is 1. The van der Waals surface area contributed by atoms with Gasteiger partial charge in [-0.05, 0) is 46.7 Å². The van der Waals surface area contributed by atoms with Gasteiger partial charge in [-0.15, -0.1) is 0 Å². The fourth-order valence-corrected chi connectivity index (χ4v) is 5.05. The first-order chi connectivity index (χ1) is 13.1. The lowest BCUT2D eigenvalue weighted by atomic mass is 10.1. The van der Waals surface area contributed by atoms with E-state index in [9.17, 15) is 8.60 Å². The van der Waals surface area contributed by atoms with Gasteiger partial charge in [0.1, 0.15) is 29.3 Å². The summed E-state index contributed by atoms with van der Waals surface area (Å²) in [5, 5.41) is 0.344. The monoisotopic (exact) mass is 474 g/mol. The van der Waals surface area contributed by atoms with Crippen LogP contribution in [0.3, 0.4) is 0 Å². The standard InChI is InChI=1S/C16H15FIN5OS/c1-23-14(18)12(13-15(19)20-8-21-16(13)23)9-3-4-11(10(17)7-9)22-25(24)5-2-6-25/h3-4,7-8H,2,5-6H2,1H3,(H2,19,20,21)/i1D3. The Labute approximate surface area is 162 Å². The Hall–Kier alpha value is -1.75. The minimum atomic E-state index is -2.50. The van der Waals surface area contributed by atoms with Crippen LogP contribution in [0, 0.1) is 9.52 Å². The number of hydrogen-bond acceptors (Lipinski definition) is 5. The average Bonchev–Trinajstić information content (AvgIpc) is 2.88. The van der Waals surface area contributed by atoms with Crippen LogP contribution in [0.5, 0.6) is 0 Å². The van der Waals surface area contributed by atoms with Gasteiger partial charge in [0.05, 0.1) is 18.8 Å². The molecule has 3 aromatic rings. The number of nitrogens with two attached hydrogens (primary N) is 1. The molecule has 6 nitrogen and oxygen atoms in total. The summed E-state index contributed by atoms with van der Waals surface area (Å²) in [7, 11) is -2.34. The maximum Gasteiger partial charge on any atom is 0.150 e. The molecule has 1 aromatic carbocycles. The predicted molar refractivity (Wildman–Crippen MR) is 106 cm³/mol. The maximum atomic E-state index is 14.7. The van der Waals surface area contributed by atoms with E-state index in [1.807, 2.05) is 22.6 Å². The van der Waals surface area contributed by atoms with Crippen molar-refractivity contribution in [1.82, 2.24) is 14.5 Å². The zero-order valence-electron chi connectivity index (χ0n) is 15.9. The highest BCUT2D eigenvalue weighted by atomic mass is 127. The SMILES string of the molecule is [2H]C([2H])([2H])n1c(I)c(-c2ccc(N=S3(=O)CCC3)c(F)c2)c2c(N)ncnc21. The van der Waals surface area contributed by atoms with Gasteiger partial charge in [-0.1, -0.05) is 6.07 Å². The van der Waals surface area contributed by atoms with E-state index >= 15 is 0 Å². The second-order valence-electron chi connectivity index (χ2n) is 5.75. The number of fused-ring (bicyclic) bond motifs is 1. The van der Waals surface area contributed by atoms with Gasteiger partial charge in [-0.2, -0.15) is 4.36 Å². The lowest BCUT2D eigenvalue weighted by molar-refractivity contribution is 0.628. The van der Waals surface area contributed by atoms with E-state index in [4.69, 9.17) is 9.85 Å². The summed E-state index contributed by atoms with van der Waals surface area (Å²) in [4.78, 5) is 8.03. The molecule has 2 N–H and O–H groups in total. The van der Waals surface area contributed by atoms with Crippen molar-refractivity contribution in [1.29, 1.82) is 0 Å². The first-order valence-corrected chi connectivity index (χ1v) is 10.4. The lowest BCUT2D eigenvalue weighted by Gasteiger charge is -2.18. The smallest absolute Gasteiger partial charge is 0.150 e. The molecule has 0 atom stereocenters. The molecule has 0 unspecified atom stereocenters. The molecular weight excluding hydrogens is 456 g/mol. The van der Waals surface area contributed by atoms with E-state index in [-0.39, 0.29) is 17.2 Å².